The lowest BCUT2D eigenvalue weighted by atomic mass is 9.53. The summed E-state index contributed by atoms with van der Waals surface area (Å²) in [5.41, 5.74) is 1.40. The first-order valence-electron chi connectivity index (χ1n) is 12.8. The molecule has 3 rings (SSSR count). The van der Waals surface area contributed by atoms with E-state index in [9.17, 15) is 19.8 Å². The standard InChI is InChI=1S/C29H40O8/c1-18-10-12-29(17-35-27(34)15-19(2)11-13-30)25(14-18)36-23-16-24(28(29,5)20(23)3)37-26(33)9-7-6-8-22(32)21(4)31/h6-9,14-15,21-25,30-32H,3,10-13,16-17H2,1-2,4-5H3. The van der Waals surface area contributed by atoms with Crippen molar-refractivity contribution >= 4 is 11.9 Å². The molecule has 3 aliphatic rings. The predicted molar refractivity (Wildman–Crippen MR) is 138 cm³/mol. The van der Waals surface area contributed by atoms with E-state index in [0.29, 0.717) is 19.3 Å². The Hall–Kier alpha value is -2.52. The van der Waals surface area contributed by atoms with Crippen LogP contribution in [0.4, 0.5) is 0 Å². The highest BCUT2D eigenvalue weighted by Crippen LogP contribution is 2.65. The molecule has 2 fully saturated rings. The van der Waals surface area contributed by atoms with Crippen molar-refractivity contribution in [2.24, 2.45) is 10.8 Å². The van der Waals surface area contributed by atoms with Crippen molar-refractivity contribution in [3.8, 4) is 0 Å². The summed E-state index contributed by atoms with van der Waals surface area (Å²) in [6, 6.07) is 0. The van der Waals surface area contributed by atoms with Gasteiger partial charge in [0.15, 0.2) is 0 Å². The first-order chi connectivity index (χ1) is 17.4. The molecule has 1 heterocycles. The van der Waals surface area contributed by atoms with Crippen molar-refractivity contribution in [3.63, 3.8) is 0 Å². The van der Waals surface area contributed by atoms with Crippen molar-refractivity contribution in [1.82, 2.24) is 0 Å². The van der Waals surface area contributed by atoms with Crippen molar-refractivity contribution in [1.29, 1.82) is 0 Å². The molecule has 204 valence electrons. The van der Waals surface area contributed by atoms with E-state index in [1.807, 2.05) is 6.92 Å². The minimum atomic E-state index is -1.03. The molecule has 2 aliphatic carbocycles. The molecule has 8 nitrogen and oxygen atoms in total. The summed E-state index contributed by atoms with van der Waals surface area (Å²) >= 11 is 0. The molecule has 0 spiro atoms. The van der Waals surface area contributed by atoms with Gasteiger partial charge in [0.1, 0.15) is 12.7 Å². The number of allylic oxidation sites excluding steroid dienone is 3. The summed E-state index contributed by atoms with van der Waals surface area (Å²) in [6.07, 6.45) is 8.32. The van der Waals surface area contributed by atoms with Crippen LogP contribution in [0.5, 0.6) is 0 Å². The van der Waals surface area contributed by atoms with Gasteiger partial charge in [-0.15, -0.1) is 0 Å². The molecule has 37 heavy (non-hydrogen) atoms. The van der Waals surface area contributed by atoms with Crippen LogP contribution < -0.4 is 0 Å². The van der Waals surface area contributed by atoms with Gasteiger partial charge in [0.2, 0.25) is 0 Å². The van der Waals surface area contributed by atoms with Gasteiger partial charge in [0.25, 0.3) is 0 Å². The topological polar surface area (TPSA) is 123 Å². The molecule has 0 aromatic rings. The second-order valence-corrected chi connectivity index (χ2v) is 10.7. The summed E-state index contributed by atoms with van der Waals surface area (Å²) in [5.74, 6) is -1.03. The van der Waals surface area contributed by atoms with Gasteiger partial charge in [0.05, 0.1) is 24.4 Å². The van der Waals surface area contributed by atoms with E-state index in [1.54, 1.807) is 6.92 Å². The molecular weight excluding hydrogens is 476 g/mol. The van der Waals surface area contributed by atoms with Crippen LogP contribution in [0.1, 0.15) is 53.4 Å². The zero-order valence-corrected chi connectivity index (χ0v) is 22.2. The number of carbonyl (C=O) groups is 2. The number of ether oxygens (including phenoxy) is 3. The number of rotatable bonds is 10. The molecule has 1 saturated heterocycles. The monoisotopic (exact) mass is 516 g/mol. The van der Waals surface area contributed by atoms with Crippen molar-refractivity contribution in [2.45, 2.75) is 83.9 Å². The maximum Gasteiger partial charge on any atom is 0.331 e. The number of hydrogen-bond donors (Lipinski definition) is 3. The van der Waals surface area contributed by atoms with Gasteiger partial charge in [-0.1, -0.05) is 49.0 Å². The molecule has 0 radical (unpaired) electrons. The van der Waals surface area contributed by atoms with Crippen LogP contribution in [0.2, 0.25) is 0 Å². The Kier molecular flexibility index (Phi) is 9.34. The number of aliphatic hydroxyl groups excluding tert-OH is 3. The third-order valence-corrected chi connectivity index (χ3v) is 8.17. The lowest BCUT2D eigenvalue weighted by Crippen LogP contribution is -2.60. The molecule has 1 saturated carbocycles. The van der Waals surface area contributed by atoms with Crippen molar-refractivity contribution in [2.75, 3.05) is 13.2 Å². The Morgan fingerprint density at radius 1 is 1.30 bits per heavy atom. The van der Waals surface area contributed by atoms with Crippen LogP contribution in [-0.4, -0.2) is 71.0 Å². The summed E-state index contributed by atoms with van der Waals surface area (Å²) in [5, 5.41) is 28.1. The molecule has 2 bridgehead atoms. The summed E-state index contributed by atoms with van der Waals surface area (Å²) < 4.78 is 18.2. The molecule has 0 amide bonds. The second-order valence-electron chi connectivity index (χ2n) is 10.7. The van der Waals surface area contributed by atoms with E-state index in [1.165, 1.54) is 42.9 Å². The molecule has 7 unspecified atom stereocenters. The van der Waals surface area contributed by atoms with Gasteiger partial charge in [0, 0.05) is 36.0 Å². The van der Waals surface area contributed by atoms with Gasteiger partial charge >= 0.3 is 11.9 Å². The molecule has 3 N–H and O–H groups in total. The number of fused-ring (bicyclic) bond motifs is 4. The Labute approximate surface area is 219 Å². The quantitative estimate of drug-likeness (QED) is 0.175. The van der Waals surface area contributed by atoms with E-state index in [0.717, 1.165) is 17.6 Å². The molecule has 1 aliphatic heterocycles. The number of aliphatic hydroxyl groups is 3. The Balaban J connectivity index is 1.84. The van der Waals surface area contributed by atoms with E-state index in [4.69, 9.17) is 19.3 Å². The highest BCUT2D eigenvalue weighted by atomic mass is 16.6. The van der Waals surface area contributed by atoms with Crippen LogP contribution in [0.15, 0.2) is 59.8 Å². The van der Waals surface area contributed by atoms with E-state index in [-0.39, 0.29) is 25.4 Å². The average molecular weight is 517 g/mol. The fourth-order valence-corrected chi connectivity index (χ4v) is 5.67. The molecule has 0 aromatic heterocycles. The highest BCUT2D eigenvalue weighted by Gasteiger charge is 2.68. The number of esters is 2. The van der Waals surface area contributed by atoms with Gasteiger partial charge in [-0.25, -0.2) is 9.59 Å². The number of hydrogen-bond acceptors (Lipinski definition) is 8. The minimum Gasteiger partial charge on any atom is -0.462 e. The maximum absolute atomic E-state index is 12.7. The first-order valence-corrected chi connectivity index (χ1v) is 12.8. The normalized spacial score (nSPS) is 33.3. The van der Waals surface area contributed by atoms with E-state index >= 15 is 0 Å². The van der Waals surface area contributed by atoms with E-state index in [2.05, 4.69) is 19.6 Å². The zero-order chi connectivity index (χ0) is 27.4. The summed E-state index contributed by atoms with van der Waals surface area (Å²) in [7, 11) is 0. The summed E-state index contributed by atoms with van der Waals surface area (Å²) in [6.45, 7) is 11.7. The molecule has 7 atom stereocenters. The Morgan fingerprint density at radius 3 is 2.70 bits per heavy atom. The molecule has 8 heteroatoms. The van der Waals surface area contributed by atoms with Crippen molar-refractivity contribution in [3.05, 3.63) is 59.8 Å². The fraction of sp³-hybridized carbons (Fsp3) is 0.586. The fourth-order valence-electron chi connectivity index (χ4n) is 5.67. The van der Waals surface area contributed by atoms with Gasteiger partial charge in [-0.05, 0) is 45.6 Å². The van der Waals surface area contributed by atoms with E-state index < -0.39 is 41.1 Å². The van der Waals surface area contributed by atoms with Crippen LogP contribution in [0.25, 0.3) is 0 Å². The van der Waals surface area contributed by atoms with Crippen LogP contribution in [0.3, 0.4) is 0 Å². The predicted octanol–water partition coefficient (Wildman–Crippen LogP) is 3.08. The van der Waals surface area contributed by atoms with Crippen molar-refractivity contribution < 1.29 is 39.1 Å². The van der Waals surface area contributed by atoms with Crippen LogP contribution in [0, 0.1) is 10.8 Å². The highest BCUT2D eigenvalue weighted by molar-refractivity contribution is 5.83. The lowest BCUT2D eigenvalue weighted by Gasteiger charge is -2.56. The third-order valence-electron chi connectivity index (χ3n) is 8.17. The largest absolute Gasteiger partial charge is 0.462 e. The second kappa shape index (κ2) is 11.9. The van der Waals surface area contributed by atoms with Gasteiger partial charge in [-0.3, -0.25) is 0 Å². The molecule has 0 aromatic carbocycles. The van der Waals surface area contributed by atoms with Gasteiger partial charge < -0.3 is 29.5 Å². The van der Waals surface area contributed by atoms with Gasteiger partial charge in [-0.2, -0.15) is 0 Å². The van der Waals surface area contributed by atoms with Crippen LogP contribution in [-0.2, 0) is 23.8 Å². The Morgan fingerprint density at radius 2 is 2.03 bits per heavy atom. The summed E-state index contributed by atoms with van der Waals surface area (Å²) in [4.78, 5) is 25.3. The number of carbonyl (C=O) groups excluding carboxylic acids is 2. The maximum atomic E-state index is 12.7. The molecular formula is C29H40O8. The van der Waals surface area contributed by atoms with Crippen LogP contribution >= 0.6 is 0 Å². The lowest BCUT2D eigenvalue weighted by molar-refractivity contribution is -0.181. The average Bonchev–Trinajstić information content (AvgIpc) is 3.00. The zero-order valence-electron chi connectivity index (χ0n) is 22.2. The minimum absolute atomic E-state index is 0.0444. The third kappa shape index (κ3) is 5.98. The SMILES string of the molecule is C=C1C2CC(OC(=O)C=CC=CC(O)C(C)O)C1(C)C1(COC(=O)C=C(C)CCO)CCC(C)=CC1O2. The smallest absolute Gasteiger partial charge is 0.331 e. The Bertz CT molecular complexity index is 1010. The first kappa shape index (κ1) is 29.0.